The van der Waals surface area contributed by atoms with Gasteiger partial charge in [-0.2, -0.15) is 0 Å². The number of fused-ring (bicyclic) bond motifs is 6. The summed E-state index contributed by atoms with van der Waals surface area (Å²) in [5, 5.41) is 13.6. The van der Waals surface area contributed by atoms with Gasteiger partial charge in [-0.05, 0) is 71.3 Å². The molecule has 2 aromatic heterocycles. The molecule has 3 heteroatoms. The van der Waals surface area contributed by atoms with Crippen LogP contribution >= 0.6 is 0 Å². The number of nitrogens with one attached hydrogen (secondary N) is 1. The van der Waals surface area contributed by atoms with Gasteiger partial charge in [0.15, 0.2) is 0 Å². The molecule has 6 aromatic carbocycles. The molecular formula is C45H31N3. The van der Waals surface area contributed by atoms with Crippen molar-refractivity contribution >= 4 is 61.0 Å². The van der Waals surface area contributed by atoms with E-state index < -0.39 is 0 Å². The lowest BCUT2D eigenvalue weighted by Gasteiger charge is -2.12. The van der Waals surface area contributed by atoms with Crippen molar-refractivity contribution in [2.75, 3.05) is 0 Å². The predicted molar refractivity (Wildman–Crippen MR) is 204 cm³/mol. The third-order valence-electron chi connectivity index (χ3n) is 9.38. The molecule has 1 N–H and O–H groups in total. The zero-order valence-corrected chi connectivity index (χ0v) is 26.2. The summed E-state index contributed by atoms with van der Waals surface area (Å²) in [4.78, 5) is 0. The molecule has 0 amide bonds. The normalized spacial score (nSPS) is 14.3. The molecule has 1 aliphatic carbocycles. The van der Waals surface area contributed by atoms with Crippen LogP contribution in [-0.4, -0.2) is 14.8 Å². The summed E-state index contributed by atoms with van der Waals surface area (Å²) in [5.74, 6) is 0. The first kappa shape index (κ1) is 27.8. The molecule has 0 aliphatic heterocycles. The van der Waals surface area contributed by atoms with Crippen molar-refractivity contribution in [1.29, 1.82) is 5.41 Å². The number of benzene rings is 6. The van der Waals surface area contributed by atoms with Gasteiger partial charge in [-0.1, -0.05) is 127 Å². The van der Waals surface area contributed by atoms with Crippen molar-refractivity contribution < 1.29 is 0 Å². The lowest BCUT2D eigenvalue weighted by Crippen LogP contribution is -2.01. The molecule has 226 valence electrons. The summed E-state index contributed by atoms with van der Waals surface area (Å²) in [7, 11) is 0. The Labute approximate surface area is 278 Å². The number of rotatable bonds is 5. The Morgan fingerprint density at radius 1 is 0.479 bits per heavy atom. The van der Waals surface area contributed by atoms with Gasteiger partial charge in [0.25, 0.3) is 0 Å². The standard InChI is InChI=1S/C45H31N3/c46-41-20-10-7-17-36(41)35(32-13-3-1-4-14-32)28-25-31-23-26-34(27-24-31)48-43-22-12-9-19-38(43)40-29-39-37-18-8-11-21-42(37)47(44(39)30-45(40)48)33-15-5-2-6-16-33/h1-30,46H/b28-25+,36-35+,46-41?. The minimum atomic E-state index is 0.517. The summed E-state index contributed by atoms with van der Waals surface area (Å²) in [6.45, 7) is 0. The quantitative estimate of drug-likeness (QED) is 0.200. The van der Waals surface area contributed by atoms with Crippen LogP contribution < -0.4 is 0 Å². The summed E-state index contributed by atoms with van der Waals surface area (Å²) in [5.41, 5.74) is 11.7. The van der Waals surface area contributed by atoms with Gasteiger partial charge in [0.05, 0.1) is 27.8 Å². The molecule has 0 radical (unpaired) electrons. The summed E-state index contributed by atoms with van der Waals surface area (Å²) in [6.07, 6.45) is 12.1. The molecule has 0 saturated heterocycles. The Bertz CT molecular complexity index is 2640. The van der Waals surface area contributed by atoms with Gasteiger partial charge in [0.2, 0.25) is 0 Å². The molecule has 2 heterocycles. The van der Waals surface area contributed by atoms with E-state index in [1.807, 2.05) is 42.5 Å². The van der Waals surface area contributed by atoms with Gasteiger partial charge in [0, 0.05) is 38.5 Å². The fourth-order valence-electron chi connectivity index (χ4n) is 7.16. The minimum Gasteiger partial charge on any atom is -0.309 e. The van der Waals surface area contributed by atoms with Crippen molar-refractivity contribution in [3.05, 3.63) is 193 Å². The molecule has 0 bridgehead atoms. The number of hydrogen-bond acceptors (Lipinski definition) is 1. The van der Waals surface area contributed by atoms with E-state index in [0.717, 1.165) is 33.6 Å². The lowest BCUT2D eigenvalue weighted by atomic mass is 9.93. The second-order valence-corrected chi connectivity index (χ2v) is 12.2. The van der Waals surface area contributed by atoms with Gasteiger partial charge in [0.1, 0.15) is 0 Å². The maximum Gasteiger partial charge on any atom is 0.0618 e. The fourth-order valence-corrected chi connectivity index (χ4v) is 7.16. The van der Waals surface area contributed by atoms with E-state index in [1.165, 1.54) is 43.6 Å². The SMILES string of the molecule is N=C1C=CC=C/C1=C(/C=C/c1ccc(-n2c3ccccc3c3cc4c5ccccc5n(-c5ccccc5)c4cc32)cc1)c1ccccc1. The zero-order chi connectivity index (χ0) is 32.0. The molecule has 8 aromatic rings. The van der Waals surface area contributed by atoms with Crippen LogP contribution in [0.25, 0.3) is 66.6 Å². The van der Waals surface area contributed by atoms with Gasteiger partial charge < -0.3 is 14.5 Å². The summed E-state index contributed by atoms with van der Waals surface area (Å²) < 4.78 is 4.78. The molecular weight excluding hydrogens is 583 g/mol. The molecule has 48 heavy (non-hydrogen) atoms. The molecule has 0 fully saturated rings. The summed E-state index contributed by atoms with van der Waals surface area (Å²) in [6, 6.07) is 51.9. The van der Waals surface area contributed by atoms with E-state index >= 15 is 0 Å². The Balaban J connectivity index is 1.20. The van der Waals surface area contributed by atoms with Crippen LogP contribution in [0.3, 0.4) is 0 Å². The maximum absolute atomic E-state index is 8.56. The molecule has 0 saturated carbocycles. The Morgan fingerprint density at radius 3 is 1.65 bits per heavy atom. The van der Waals surface area contributed by atoms with Crippen LogP contribution in [0.2, 0.25) is 0 Å². The van der Waals surface area contributed by atoms with Gasteiger partial charge in [-0.25, -0.2) is 0 Å². The van der Waals surface area contributed by atoms with Crippen LogP contribution in [-0.2, 0) is 0 Å². The number of nitrogens with zero attached hydrogens (tertiary/aromatic N) is 2. The van der Waals surface area contributed by atoms with Crippen LogP contribution in [0.5, 0.6) is 0 Å². The van der Waals surface area contributed by atoms with Crippen molar-refractivity contribution in [1.82, 2.24) is 9.13 Å². The molecule has 1 aliphatic rings. The molecule has 3 nitrogen and oxygen atoms in total. The van der Waals surface area contributed by atoms with E-state index in [2.05, 4.69) is 149 Å². The summed E-state index contributed by atoms with van der Waals surface area (Å²) >= 11 is 0. The number of hydrogen-bond donors (Lipinski definition) is 1. The highest BCUT2D eigenvalue weighted by molar-refractivity contribution is 6.19. The Hall–Kier alpha value is -6.45. The zero-order valence-electron chi connectivity index (χ0n) is 26.2. The van der Waals surface area contributed by atoms with Crippen molar-refractivity contribution in [3.63, 3.8) is 0 Å². The topological polar surface area (TPSA) is 33.7 Å². The van der Waals surface area contributed by atoms with Gasteiger partial charge in [-0.3, -0.25) is 0 Å². The van der Waals surface area contributed by atoms with E-state index in [4.69, 9.17) is 5.41 Å². The number of para-hydroxylation sites is 3. The van der Waals surface area contributed by atoms with E-state index in [9.17, 15) is 0 Å². The fraction of sp³-hybridized carbons (Fsp3) is 0. The highest BCUT2D eigenvalue weighted by atomic mass is 15.0. The van der Waals surface area contributed by atoms with Crippen molar-refractivity contribution in [3.8, 4) is 11.4 Å². The van der Waals surface area contributed by atoms with Crippen LogP contribution in [0, 0.1) is 5.41 Å². The van der Waals surface area contributed by atoms with E-state index in [1.54, 1.807) is 0 Å². The van der Waals surface area contributed by atoms with E-state index in [0.29, 0.717) is 5.71 Å². The Morgan fingerprint density at radius 2 is 1.02 bits per heavy atom. The lowest BCUT2D eigenvalue weighted by molar-refractivity contribution is 1.16. The minimum absolute atomic E-state index is 0.517. The molecule has 9 rings (SSSR count). The van der Waals surface area contributed by atoms with Gasteiger partial charge in [-0.15, -0.1) is 0 Å². The first-order chi connectivity index (χ1) is 23.7. The molecule has 0 atom stereocenters. The smallest absolute Gasteiger partial charge is 0.0618 e. The van der Waals surface area contributed by atoms with Gasteiger partial charge >= 0.3 is 0 Å². The highest BCUT2D eigenvalue weighted by Crippen LogP contribution is 2.39. The average molecular weight is 614 g/mol. The second kappa shape index (κ2) is 11.4. The maximum atomic E-state index is 8.56. The van der Waals surface area contributed by atoms with Crippen molar-refractivity contribution in [2.24, 2.45) is 0 Å². The second-order valence-electron chi connectivity index (χ2n) is 12.2. The number of aromatic nitrogens is 2. The van der Waals surface area contributed by atoms with E-state index in [-0.39, 0.29) is 0 Å². The third-order valence-corrected chi connectivity index (χ3v) is 9.38. The average Bonchev–Trinajstić information content (AvgIpc) is 3.64. The first-order valence-corrected chi connectivity index (χ1v) is 16.3. The van der Waals surface area contributed by atoms with Crippen molar-refractivity contribution in [2.45, 2.75) is 0 Å². The van der Waals surface area contributed by atoms with Crippen LogP contribution in [0.15, 0.2) is 182 Å². The number of allylic oxidation sites excluding steroid dienone is 7. The monoisotopic (exact) mass is 613 g/mol. The highest BCUT2D eigenvalue weighted by Gasteiger charge is 2.18. The largest absolute Gasteiger partial charge is 0.309 e. The third kappa shape index (κ3) is 4.56. The van der Waals surface area contributed by atoms with Crippen LogP contribution in [0.4, 0.5) is 0 Å². The Kier molecular flexibility index (Phi) is 6.62. The molecule has 0 spiro atoms. The first-order valence-electron chi connectivity index (χ1n) is 16.3. The molecule has 0 unspecified atom stereocenters. The van der Waals surface area contributed by atoms with Crippen LogP contribution in [0.1, 0.15) is 11.1 Å². The predicted octanol–water partition coefficient (Wildman–Crippen LogP) is 11.5.